The molecule has 22 heavy (non-hydrogen) atoms. The van der Waals surface area contributed by atoms with Gasteiger partial charge in [0.1, 0.15) is 5.69 Å². The highest BCUT2D eigenvalue weighted by molar-refractivity contribution is 7.09. The van der Waals surface area contributed by atoms with Crippen LogP contribution in [0.5, 0.6) is 0 Å². The smallest absolute Gasteiger partial charge is 0.277 e. The first-order chi connectivity index (χ1) is 10.6. The molecule has 1 aromatic heterocycles. The van der Waals surface area contributed by atoms with E-state index >= 15 is 0 Å². The second-order valence-corrected chi connectivity index (χ2v) is 7.07. The number of nitrogen functional groups attached to an aromatic ring is 1. The van der Waals surface area contributed by atoms with Crippen LogP contribution in [0.4, 0.5) is 11.4 Å². The van der Waals surface area contributed by atoms with E-state index in [2.05, 4.69) is 18.8 Å². The van der Waals surface area contributed by atoms with E-state index in [1.165, 1.54) is 0 Å². The van der Waals surface area contributed by atoms with Gasteiger partial charge in [0.05, 0.1) is 5.01 Å². The number of anilines is 2. The molecule has 2 heterocycles. The molecular weight excluding hydrogens is 294 g/mol. The van der Waals surface area contributed by atoms with Crippen molar-refractivity contribution in [2.24, 2.45) is 5.92 Å². The lowest BCUT2D eigenvalue weighted by Crippen LogP contribution is -2.36. The van der Waals surface area contributed by atoms with Gasteiger partial charge in [-0.1, -0.05) is 19.9 Å². The molecule has 2 aromatic rings. The zero-order valence-electron chi connectivity index (χ0n) is 13.0. The van der Waals surface area contributed by atoms with Crippen molar-refractivity contribution in [1.29, 1.82) is 0 Å². The third kappa shape index (κ3) is 2.86. The van der Waals surface area contributed by atoms with Gasteiger partial charge < -0.3 is 10.6 Å². The highest BCUT2D eigenvalue weighted by Crippen LogP contribution is 2.32. The second-order valence-electron chi connectivity index (χ2n) is 6.13. The van der Waals surface area contributed by atoms with Gasteiger partial charge in [0.2, 0.25) is 0 Å². The van der Waals surface area contributed by atoms with Gasteiger partial charge in [0, 0.05) is 29.7 Å². The molecule has 0 saturated heterocycles. The molecule has 0 saturated carbocycles. The number of hydrogen-bond acceptors (Lipinski definition) is 4. The molecule has 0 bridgehead atoms. The number of thiazole rings is 1. The zero-order valence-corrected chi connectivity index (χ0v) is 13.8. The lowest BCUT2D eigenvalue weighted by atomic mass is 9.99. The molecule has 1 amide bonds. The molecule has 3 rings (SSSR count). The van der Waals surface area contributed by atoms with Crippen LogP contribution < -0.4 is 10.6 Å². The number of carbonyl (C=O) groups excluding carboxylic acids is 1. The Hall–Kier alpha value is -1.88. The number of nitrogens with zero attached hydrogens (tertiary/aromatic N) is 2. The Balaban J connectivity index is 1.88. The minimum Gasteiger partial charge on any atom is -0.398 e. The van der Waals surface area contributed by atoms with Gasteiger partial charge in [0.15, 0.2) is 0 Å². The van der Waals surface area contributed by atoms with E-state index in [9.17, 15) is 4.79 Å². The first-order valence-electron chi connectivity index (χ1n) is 7.70. The molecule has 0 atom stereocenters. The molecule has 116 valence electrons. The summed E-state index contributed by atoms with van der Waals surface area (Å²) in [7, 11) is 0. The quantitative estimate of drug-likeness (QED) is 0.882. The largest absolute Gasteiger partial charge is 0.398 e. The fraction of sp³-hybridized carbons (Fsp3) is 0.412. The summed E-state index contributed by atoms with van der Waals surface area (Å²) in [5.41, 5.74) is 9.40. The van der Waals surface area contributed by atoms with Crippen molar-refractivity contribution in [3.8, 4) is 0 Å². The fourth-order valence-electron chi connectivity index (χ4n) is 2.85. The van der Waals surface area contributed by atoms with Crippen molar-refractivity contribution >= 4 is 28.6 Å². The van der Waals surface area contributed by atoms with Crippen LogP contribution in [0.3, 0.4) is 0 Å². The van der Waals surface area contributed by atoms with Gasteiger partial charge >= 0.3 is 0 Å². The Morgan fingerprint density at radius 1 is 1.45 bits per heavy atom. The summed E-state index contributed by atoms with van der Waals surface area (Å²) >= 11 is 1.57. The summed E-state index contributed by atoms with van der Waals surface area (Å²) in [5.74, 6) is 0.530. The first-order valence-corrected chi connectivity index (χ1v) is 8.58. The highest BCUT2D eigenvalue weighted by atomic mass is 32.1. The lowest BCUT2D eigenvalue weighted by Gasteiger charge is -2.29. The van der Waals surface area contributed by atoms with E-state index in [-0.39, 0.29) is 5.91 Å². The number of carbonyl (C=O) groups is 1. The average Bonchev–Trinajstić information content (AvgIpc) is 2.94. The molecule has 0 unspecified atom stereocenters. The molecule has 1 aromatic carbocycles. The molecule has 0 fully saturated rings. The molecule has 1 aliphatic heterocycles. The molecule has 0 radical (unpaired) electrons. The van der Waals surface area contributed by atoms with Gasteiger partial charge in [-0.2, -0.15) is 0 Å². The van der Waals surface area contributed by atoms with Crippen LogP contribution in [0.2, 0.25) is 0 Å². The molecule has 0 spiro atoms. The van der Waals surface area contributed by atoms with Gasteiger partial charge in [-0.15, -0.1) is 11.3 Å². The number of benzene rings is 1. The summed E-state index contributed by atoms with van der Waals surface area (Å²) < 4.78 is 0. The molecular formula is C17H21N3OS. The zero-order chi connectivity index (χ0) is 15.7. The van der Waals surface area contributed by atoms with Crippen LogP contribution in [-0.4, -0.2) is 17.4 Å². The number of aromatic nitrogens is 1. The van der Waals surface area contributed by atoms with Crippen molar-refractivity contribution < 1.29 is 4.79 Å². The normalized spacial score (nSPS) is 14.2. The Kier molecular flexibility index (Phi) is 4.16. The maximum atomic E-state index is 12.8. The van der Waals surface area contributed by atoms with Crippen LogP contribution in [0.15, 0.2) is 23.6 Å². The summed E-state index contributed by atoms with van der Waals surface area (Å²) in [4.78, 5) is 19.1. The Bertz CT molecular complexity index is 693. The molecule has 2 N–H and O–H groups in total. The van der Waals surface area contributed by atoms with Crippen LogP contribution in [0.25, 0.3) is 0 Å². The number of hydrogen-bond donors (Lipinski definition) is 1. The molecule has 5 heteroatoms. The van der Waals surface area contributed by atoms with Crippen molar-refractivity contribution in [2.75, 3.05) is 17.2 Å². The SMILES string of the molecule is CC(C)Cc1nc(C(=O)N2CCCc3c(N)cccc32)cs1. The fourth-order valence-corrected chi connectivity index (χ4v) is 3.83. The lowest BCUT2D eigenvalue weighted by molar-refractivity contribution is 0.0981. The summed E-state index contributed by atoms with van der Waals surface area (Å²) in [6, 6.07) is 5.78. The Morgan fingerprint density at radius 3 is 3.05 bits per heavy atom. The van der Waals surface area contributed by atoms with E-state index in [0.29, 0.717) is 11.6 Å². The van der Waals surface area contributed by atoms with E-state index in [1.54, 1.807) is 11.3 Å². The van der Waals surface area contributed by atoms with Gasteiger partial charge in [-0.25, -0.2) is 4.98 Å². The predicted octanol–water partition coefficient (Wildman–Crippen LogP) is 3.52. The maximum Gasteiger partial charge on any atom is 0.277 e. The number of amides is 1. The molecule has 1 aliphatic rings. The van der Waals surface area contributed by atoms with Gasteiger partial charge in [-0.05, 0) is 36.5 Å². The monoisotopic (exact) mass is 315 g/mol. The number of rotatable bonds is 3. The van der Waals surface area contributed by atoms with Crippen LogP contribution >= 0.6 is 11.3 Å². The average molecular weight is 315 g/mol. The third-order valence-electron chi connectivity index (χ3n) is 3.89. The highest BCUT2D eigenvalue weighted by Gasteiger charge is 2.26. The van der Waals surface area contributed by atoms with Gasteiger partial charge in [0.25, 0.3) is 5.91 Å². The topological polar surface area (TPSA) is 59.2 Å². The predicted molar refractivity (Wildman–Crippen MR) is 91.5 cm³/mol. The van der Waals surface area contributed by atoms with Crippen LogP contribution in [-0.2, 0) is 12.8 Å². The van der Waals surface area contributed by atoms with E-state index in [1.807, 2.05) is 28.5 Å². The van der Waals surface area contributed by atoms with Crippen molar-refractivity contribution in [3.05, 3.63) is 39.8 Å². The maximum absolute atomic E-state index is 12.8. The van der Waals surface area contributed by atoms with Crippen LogP contribution in [0.1, 0.15) is 41.3 Å². The summed E-state index contributed by atoms with van der Waals surface area (Å²) in [6.07, 6.45) is 2.79. The summed E-state index contributed by atoms with van der Waals surface area (Å²) in [6.45, 7) is 5.05. The number of nitrogens with two attached hydrogens (primary N) is 1. The summed E-state index contributed by atoms with van der Waals surface area (Å²) in [5, 5.41) is 2.91. The Labute approximate surface area is 135 Å². The third-order valence-corrected chi connectivity index (χ3v) is 4.76. The van der Waals surface area contributed by atoms with Crippen molar-refractivity contribution in [3.63, 3.8) is 0 Å². The first kappa shape index (κ1) is 15.0. The number of fused-ring (bicyclic) bond motifs is 1. The molecule has 4 nitrogen and oxygen atoms in total. The standard InChI is InChI=1S/C17H21N3OS/c1-11(2)9-16-19-14(10-22-16)17(21)20-8-4-5-12-13(18)6-3-7-15(12)20/h3,6-7,10-11H,4-5,8-9,18H2,1-2H3. The minimum absolute atomic E-state index is 0.0159. The Morgan fingerprint density at radius 2 is 2.27 bits per heavy atom. The van der Waals surface area contributed by atoms with E-state index in [0.717, 1.165) is 47.8 Å². The van der Waals surface area contributed by atoms with Crippen LogP contribution in [0, 0.1) is 5.92 Å². The second kappa shape index (κ2) is 6.08. The van der Waals surface area contributed by atoms with Crippen molar-refractivity contribution in [1.82, 2.24) is 4.98 Å². The van der Waals surface area contributed by atoms with Crippen molar-refractivity contribution in [2.45, 2.75) is 33.1 Å². The van der Waals surface area contributed by atoms with Gasteiger partial charge in [-0.3, -0.25) is 4.79 Å². The minimum atomic E-state index is -0.0159. The van der Waals surface area contributed by atoms with E-state index < -0.39 is 0 Å². The van der Waals surface area contributed by atoms with E-state index in [4.69, 9.17) is 5.73 Å². The molecule has 0 aliphatic carbocycles.